The van der Waals surface area contributed by atoms with Crippen molar-refractivity contribution in [1.29, 1.82) is 0 Å². The third kappa shape index (κ3) is 4.56. The van der Waals surface area contributed by atoms with Gasteiger partial charge in [-0.15, -0.1) is 11.3 Å². The van der Waals surface area contributed by atoms with E-state index in [1.165, 1.54) is 15.3 Å². The third-order valence-corrected chi connectivity index (χ3v) is 4.46. The second kappa shape index (κ2) is 7.40. The first-order chi connectivity index (χ1) is 10.5. The molecular formula is C17H23N3OS. The first-order valence-corrected chi connectivity index (χ1v) is 8.27. The fourth-order valence-electron chi connectivity index (χ4n) is 2.32. The molecule has 0 atom stereocenters. The Labute approximate surface area is 136 Å². The van der Waals surface area contributed by atoms with Crippen LogP contribution in [0.5, 0.6) is 0 Å². The van der Waals surface area contributed by atoms with Gasteiger partial charge in [0.25, 0.3) is 0 Å². The van der Waals surface area contributed by atoms with E-state index in [-0.39, 0.29) is 5.91 Å². The van der Waals surface area contributed by atoms with Crippen LogP contribution in [-0.4, -0.2) is 25.0 Å². The van der Waals surface area contributed by atoms with Crippen molar-refractivity contribution >= 4 is 28.9 Å². The number of pyridine rings is 1. The number of nitrogens with zero attached hydrogens (tertiary/aromatic N) is 2. The van der Waals surface area contributed by atoms with Crippen LogP contribution in [0, 0.1) is 13.8 Å². The molecule has 0 saturated carbocycles. The zero-order chi connectivity index (χ0) is 16.1. The van der Waals surface area contributed by atoms with Crippen molar-refractivity contribution in [2.45, 2.75) is 33.1 Å². The summed E-state index contributed by atoms with van der Waals surface area (Å²) in [6, 6.07) is 7.85. The fourth-order valence-corrected chi connectivity index (χ4v) is 3.29. The lowest BCUT2D eigenvalue weighted by Crippen LogP contribution is -2.15. The van der Waals surface area contributed by atoms with E-state index in [9.17, 15) is 4.79 Å². The van der Waals surface area contributed by atoms with Crippen LogP contribution in [0.3, 0.4) is 0 Å². The SMILES string of the molecule is Cc1cc(CCCC(=O)Nc2cccc(N(C)C)n2)c(C)s1. The lowest BCUT2D eigenvalue weighted by molar-refractivity contribution is -0.116. The van der Waals surface area contributed by atoms with Crippen LogP contribution in [0.2, 0.25) is 0 Å². The van der Waals surface area contributed by atoms with Crippen molar-refractivity contribution in [2.24, 2.45) is 0 Å². The van der Waals surface area contributed by atoms with Crippen LogP contribution < -0.4 is 10.2 Å². The molecule has 0 saturated heterocycles. The molecule has 118 valence electrons. The molecule has 2 aromatic heterocycles. The number of aromatic nitrogens is 1. The molecule has 5 heteroatoms. The lowest BCUT2D eigenvalue weighted by Gasteiger charge is -2.12. The van der Waals surface area contributed by atoms with E-state index in [0.717, 1.165) is 18.7 Å². The third-order valence-electron chi connectivity index (χ3n) is 3.45. The maximum Gasteiger partial charge on any atom is 0.225 e. The van der Waals surface area contributed by atoms with Crippen LogP contribution >= 0.6 is 11.3 Å². The van der Waals surface area contributed by atoms with Crippen LogP contribution in [-0.2, 0) is 11.2 Å². The zero-order valence-corrected chi connectivity index (χ0v) is 14.5. The largest absolute Gasteiger partial charge is 0.363 e. The Morgan fingerprint density at radius 1 is 1.32 bits per heavy atom. The summed E-state index contributed by atoms with van der Waals surface area (Å²) < 4.78 is 0. The molecule has 0 unspecified atom stereocenters. The number of hydrogen-bond acceptors (Lipinski definition) is 4. The molecule has 1 N–H and O–H groups in total. The van der Waals surface area contributed by atoms with Crippen molar-refractivity contribution in [2.75, 3.05) is 24.3 Å². The van der Waals surface area contributed by atoms with Crippen molar-refractivity contribution in [1.82, 2.24) is 4.98 Å². The van der Waals surface area contributed by atoms with E-state index in [1.807, 2.05) is 48.5 Å². The molecule has 0 radical (unpaired) electrons. The van der Waals surface area contributed by atoms with E-state index in [4.69, 9.17) is 0 Å². The molecule has 0 aliphatic rings. The Hall–Kier alpha value is -1.88. The van der Waals surface area contributed by atoms with E-state index >= 15 is 0 Å². The van der Waals surface area contributed by atoms with Crippen LogP contribution in [0.1, 0.15) is 28.2 Å². The van der Waals surface area contributed by atoms with E-state index in [2.05, 4.69) is 30.2 Å². The molecule has 0 fully saturated rings. The van der Waals surface area contributed by atoms with Gasteiger partial charge in [0, 0.05) is 30.3 Å². The first-order valence-electron chi connectivity index (χ1n) is 7.46. The highest BCUT2D eigenvalue weighted by Crippen LogP contribution is 2.22. The summed E-state index contributed by atoms with van der Waals surface area (Å²) in [4.78, 5) is 21.0. The second-order valence-electron chi connectivity index (χ2n) is 5.62. The monoisotopic (exact) mass is 317 g/mol. The summed E-state index contributed by atoms with van der Waals surface area (Å²) in [5.41, 5.74) is 1.36. The molecule has 4 nitrogen and oxygen atoms in total. The smallest absolute Gasteiger partial charge is 0.225 e. The van der Waals surface area contributed by atoms with Crippen LogP contribution in [0.4, 0.5) is 11.6 Å². The molecule has 0 bridgehead atoms. The number of amides is 1. The Balaban J connectivity index is 1.83. The second-order valence-corrected chi connectivity index (χ2v) is 7.08. The van der Waals surface area contributed by atoms with Crippen LogP contribution in [0.25, 0.3) is 0 Å². The molecule has 2 rings (SSSR count). The summed E-state index contributed by atoms with van der Waals surface area (Å²) in [6.07, 6.45) is 2.33. The minimum Gasteiger partial charge on any atom is -0.363 e. The van der Waals surface area contributed by atoms with Gasteiger partial charge in [0.1, 0.15) is 11.6 Å². The van der Waals surface area contributed by atoms with Gasteiger partial charge in [0.05, 0.1) is 0 Å². The lowest BCUT2D eigenvalue weighted by atomic mass is 10.1. The summed E-state index contributed by atoms with van der Waals surface area (Å²) in [6.45, 7) is 4.26. The van der Waals surface area contributed by atoms with Gasteiger partial charge in [-0.2, -0.15) is 0 Å². The van der Waals surface area contributed by atoms with E-state index in [1.54, 1.807) is 0 Å². The van der Waals surface area contributed by atoms with Crippen LogP contribution in [0.15, 0.2) is 24.3 Å². The molecule has 2 heterocycles. The predicted octanol–water partition coefficient (Wildman–Crippen LogP) is 3.79. The normalized spacial score (nSPS) is 10.5. The van der Waals surface area contributed by atoms with Gasteiger partial charge in [-0.1, -0.05) is 6.07 Å². The number of aryl methyl sites for hydroxylation is 3. The predicted molar refractivity (Wildman–Crippen MR) is 93.9 cm³/mol. The van der Waals surface area contributed by atoms with E-state index in [0.29, 0.717) is 12.2 Å². The molecule has 22 heavy (non-hydrogen) atoms. The quantitative estimate of drug-likeness (QED) is 0.881. The molecule has 1 amide bonds. The number of carbonyl (C=O) groups is 1. The minimum atomic E-state index is 0.0213. The van der Waals surface area contributed by atoms with Crippen molar-refractivity contribution in [3.63, 3.8) is 0 Å². The summed E-state index contributed by atoms with van der Waals surface area (Å²) in [5, 5.41) is 2.87. The topological polar surface area (TPSA) is 45.2 Å². The minimum absolute atomic E-state index is 0.0213. The standard InChI is InChI=1S/C17H23N3OS/c1-12-11-14(13(2)22-12)7-5-10-17(21)19-15-8-6-9-16(18-15)20(3)4/h6,8-9,11H,5,7,10H2,1-4H3,(H,18,19,21). The molecule has 2 aromatic rings. The van der Waals surface area contributed by atoms with Gasteiger partial charge in [-0.3, -0.25) is 4.79 Å². The number of hydrogen-bond donors (Lipinski definition) is 1. The number of rotatable bonds is 6. The maximum absolute atomic E-state index is 12.0. The molecule has 0 aliphatic heterocycles. The fraction of sp³-hybridized carbons (Fsp3) is 0.412. The molecule has 0 spiro atoms. The first kappa shape index (κ1) is 16.5. The van der Waals surface area contributed by atoms with Gasteiger partial charge < -0.3 is 10.2 Å². The van der Waals surface area contributed by atoms with Gasteiger partial charge >= 0.3 is 0 Å². The average Bonchev–Trinajstić information content (AvgIpc) is 2.77. The van der Waals surface area contributed by atoms with E-state index < -0.39 is 0 Å². The Kier molecular flexibility index (Phi) is 5.55. The van der Waals surface area contributed by atoms with Crippen molar-refractivity contribution < 1.29 is 4.79 Å². The van der Waals surface area contributed by atoms with Gasteiger partial charge in [0.2, 0.25) is 5.91 Å². The summed E-state index contributed by atoms with van der Waals surface area (Å²) in [5.74, 6) is 1.47. The highest BCUT2D eigenvalue weighted by atomic mass is 32.1. The van der Waals surface area contributed by atoms with Gasteiger partial charge in [0.15, 0.2) is 0 Å². The highest BCUT2D eigenvalue weighted by molar-refractivity contribution is 7.12. The van der Waals surface area contributed by atoms with Gasteiger partial charge in [-0.25, -0.2) is 4.98 Å². The summed E-state index contributed by atoms with van der Waals surface area (Å²) >= 11 is 1.82. The number of carbonyl (C=O) groups excluding carboxylic acids is 1. The number of nitrogens with one attached hydrogen (secondary N) is 1. The number of anilines is 2. The van der Waals surface area contributed by atoms with Gasteiger partial charge in [-0.05, 0) is 50.5 Å². The maximum atomic E-state index is 12.0. The van der Waals surface area contributed by atoms with Crippen molar-refractivity contribution in [3.05, 3.63) is 39.6 Å². The number of thiophene rings is 1. The Morgan fingerprint density at radius 2 is 2.09 bits per heavy atom. The zero-order valence-electron chi connectivity index (χ0n) is 13.6. The molecule has 0 aromatic carbocycles. The van der Waals surface area contributed by atoms with Crippen molar-refractivity contribution in [3.8, 4) is 0 Å². The molecule has 0 aliphatic carbocycles. The Bertz CT molecular complexity index is 649. The average molecular weight is 317 g/mol. The Morgan fingerprint density at radius 3 is 2.73 bits per heavy atom. The summed E-state index contributed by atoms with van der Waals surface area (Å²) in [7, 11) is 3.86. The molecular weight excluding hydrogens is 294 g/mol. The highest BCUT2D eigenvalue weighted by Gasteiger charge is 2.07.